The van der Waals surface area contributed by atoms with Crippen LogP contribution in [0.1, 0.15) is 5.82 Å². The maximum atomic E-state index is 5.40. The van der Waals surface area contributed by atoms with E-state index in [0.717, 1.165) is 55.1 Å². The van der Waals surface area contributed by atoms with Gasteiger partial charge >= 0.3 is 0 Å². The SMILES string of the molecule is Cc1nc(Nc2ccn3ccnc3c2)cc(N2CCOCC2)n1. The lowest BCUT2D eigenvalue weighted by molar-refractivity contribution is 0.122. The number of aryl methyl sites for hydroxylation is 1. The van der Waals surface area contributed by atoms with Gasteiger partial charge in [0.05, 0.1) is 13.2 Å². The number of anilines is 3. The van der Waals surface area contributed by atoms with Crippen molar-refractivity contribution in [3.63, 3.8) is 0 Å². The predicted octanol–water partition coefficient (Wildman–Crippen LogP) is 2.01. The van der Waals surface area contributed by atoms with Crippen LogP contribution in [0.25, 0.3) is 5.65 Å². The van der Waals surface area contributed by atoms with Gasteiger partial charge in [-0.3, -0.25) is 0 Å². The van der Waals surface area contributed by atoms with Crippen molar-refractivity contribution in [2.75, 3.05) is 36.5 Å². The van der Waals surface area contributed by atoms with Crippen LogP contribution in [-0.4, -0.2) is 45.7 Å². The van der Waals surface area contributed by atoms with Crippen molar-refractivity contribution >= 4 is 23.0 Å². The third-order valence-corrected chi connectivity index (χ3v) is 3.83. The first kappa shape index (κ1) is 14.0. The number of pyridine rings is 1. The van der Waals surface area contributed by atoms with Gasteiger partial charge < -0.3 is 19.4 Å². The van der Waals surface area contributed by atoms with Gasteiger partial charge in [-0.25, -0.2) is 15.0 Å². The molecule has 0 saturated carbocycles. The second-order valence-electron chi connectivity index (χ2n) is 5.49. The summed E-state index contributed by atoms with van der Waals surface area (Å²) in [7, 11) is 0. The van der Waals surface area contributed by atoms with Crippen molar-refractivity contribution in [1.82, 2.24) is 19.4 Å². The smallest absolute Gasteiger partial charge is 0.138 e. The van der Waals surface area contributed by atoms with Crippen molar-refractivity contribution in [3.8, 4) is 0 Å². The Kier molecular flexibility index (Phi) is 3.55. The van der Waals surface area contributed by atoms with E-state index in [1.807, 2.05) is 41.9 Å². The monoisotopic (exact) mass is 310 g/mol. The van der Waals surface area contributed by atoms with Gasteiger partial charge in [0, 0.05) is 49.5 Å². The Balaban J connectivity index is 1.61. The van der Waals surface area contributed by atoms with Gasteiger partial charge in [0.1, 0.15) is 23.1 Å². The molecule has 3 aromatic rings. The second-order valence-corrected chi connectivity index (χ2v) is 5.49. The molecule has 1 saturated heterocycles. The van der Waals surface area contributed by atoms with Crippen LogP contribution in [0.4, 0.5) is 17.3 Å². The predicted molar refractivity (Wildman–Crippen MR) is 88.3 cm³/mol. The Morgan fingerprint density at radius 2 is 2.00 bits per heavy atom. The fourth-order valence-corrected chi connectivity index (χ4v) is 2.71. The number of rotatable bonds is 3. The third kappa shape index (κ3) is 2.95. The highest BCUT2D eigenvalue weighted by Crippen LogP contribution is 2.21. The highest BCUT2D eigenvalue weighted by atomic mass is 16.5. The molecule has 4 heterocycles. The van der Waals surface area contributed by atoms with Crippen LogP contribution >= 0.6 is 0 Å². The lowest BCUT2D eigenvalue weighted by Crippen LogP contribution is -2.36. The van der Waals surface area contributed by atoms with Gasteiger partial charge in [0.2, 0.25) is 0 Å². The molecule has 1 fully saturated rings. The third-order valence-electron chi connectivity index (χ3n) is 3.83. The largest absolute Gasteiger partial charge is 0.378 e. The summed E-state index contributed by atoms with van der Waals surface area (Å²) in [6.45, 7) is 5.10. The van der Waals surface area contributed by atoms with Crippen molar-refractivity contribution in [2.24, 2.45) is 0 Å². The Hall–Kier alpha value is -2.67. The summed E-state index contributed by atoms with van der Waals surface area (Å²) in [4.78, 5) is 15.5. The summed E-state index contributed by atoms with van der Waals surface area (Å²) >= 11 is 0. The lowest BCUT2D eigenvalue weighted by Gasteiger charge is -2.28. The number of fused-ring (bicyclic) bond motifs is 1. The minimum atomic E-state index is 0.738. The van der Waals surface area contributed by atoms with Crippen LogP contribution in [0.2, 0.25) is 0 Å². The quantitative estimate of drug-likeness (QED) is 0.798. The Morgan fingerprint density at radius 1 is 1.13 bits per heavy atom. The first-order valence-electron chi connectivity index (χ1n) is 7.66. The van der Waals surface area contributed by atoms with Gasteiger partial charge in [-0.2, -0.15) is 0 Å². The fourth-order valence-electron chi connectivity index (χ4n) is 2.71. The van der Waals surface area contributed by atoms with Crippen LogP contribution in [0.15, 0.2) is 36.8 Å². The van der Waals surface area contributed by atoms with Crippen molar-refractivity contribution in [2.45, 2.75) is 6.92 Å². The van der Waals surface area contributed by atoms with E-state index in [4.69, 9.17) is 4.74 Å². The minimum absolute atomic E-state index is 0.738. The maximum Gasteiger partial charge on any atom is 0.138 e. The zero-order chi connectivity index (χ0) is 15.6. The molecule has 0 aliphatic carbocycles. The average molecular weight is 310 g/mol. The highest BCUT2D eigenvalue weighted by molar-refractivity contribution is 5.63. The Labute approximate surface area is 134 Å². The number of nitrogens with one attached hydrogen (secondary N) is 1. The zero-order valence-electron chi connectivity index (χ0n) is 12.9. The summed E-state index contributed by atoms with van der Waals surface area (Å²) in [6, 6.07) is 5.97. The molecule has 3 aromatic heterocycles. The molecule has 0 spiro atoms. The van der Waals surface area contributed by atoms with E-state index in [1.54, 1.807) is 6.20 Å². The van der Waals surface area contributed by atoms with Crippen LogP contribution in [-0.2, 0) is 4.74 Å². The lowest BCUT2D eigenvalue weighted by atomic mass is 10.3. The van der Waals surface area contributed by atoms with E-state index in [0.29, 0.717) is 0 Å². The topological polar surface area (TPSA) is 67.6 Å². The molecule has 0 aromatic carbocycles. The molecule has 0 radical (unpaired) electrons. The first-order valence-corrected chi connectivity index (χ1v) is 7.66. The van der Waals surface area contributed by atoms with Crippen molar-refractivity contribution in [1.29, 1.82) is 0 Å². The molecule has 1 aliphatic heterocycles. The standard InChI is InChI=1S/C16H18N6O/c1-12-18-14(11-16(19-12)22-6-8-23-9-7-22)20-13-2-4-21-5-3-17-15(21)10-13/h2-5,10-11H,6-9H2,1H3,(H,18,19,20). The van der Waals surface area contributed by atoms with Gasteiger partial charge in [-0.05, 0) is 13.0 Å². The van der Waals surface area contributed by atoms with Crippen LogP contribution in [0.5, 0.6) is 0 Å². The molecular weight excluding hydrogens is 292 g/mol. The molecule has 0 atom stereocenters. The zero-order valence-corrected chi connectivity index (χ0v) is 12.9. The summed E-state index contributed by atoms with van der Waals surface area (Å²) in [6.07, 6.45) is 5.68. The number of imidazole rings is 1. The normalized spacial score (nSPS) is 15.1. The molecule has 0 bridgehead atoms. The van der Waals surface area contributed by atoms with E-state index < -0.39 is 0 Å². The van der Waals surface area contributed by atoms with Crippen molar-refractivity contribution < 1.29 is 4.74 Å². The summed E-state index contributed by atoms with van der Waals surface area (Å²) in [5, 5.41) is 3.34. The van der Waals surface area contributed by atoms with Crippen molar-refractivity contribution in [3.05, 3.63) is 42.6 Å². The molecule has 7 heteroatoms. The van der Waals surface area contributed by atoms with Gasteiger partial charge in [0.25, 0.3) is 0 Å². The van der Waals surface area contributed by atoms with Gasteiger partial charge in [-0.1, -0.05) is 0 Å². The number of morpholine rings is 1. The fraction of sp³-hybridized carbons (Fsp3) is 0.312. The number of nitrogens with zero attached hydrogens (tertiary/aromatic N) is 5. The molecule has 7 nitrogen and oxygen atoms in total. The molecule has 1 N–H and O–H groups in total. The summed E-state index contributed by atoms with van der Waals surface area (Å²) < 4.78 is 7.37. The molecule has 23 heavy (non-hydrogen) atoms. The van der Waals surface area contributed by atoms with E-state index in [9.17, 15) is 0 Å². The van der Waals surface area contributed by atoms with E-state index in [1.165, 1.54) is 0 Å². The number of aromatic nitrogens is 4. The maximum absolute atomic E-state index is 5.40. The average Bonchev–Trinajstić information content (AvgIpc) is 3.03. The number of hydrogen-bond donors (Lipinski definition) is 1. The molecule has 118 valence electrons. The van der Waals surface area contributed by atoms with E-state index in [2.05, 4.69) is 25.2 Å². The van der Waals surface area contributed by atoms with Crippen LogP contribution in [0, 0.1) is 6.92 Å². The molecule has 1 aliphatic rings. The number of hydrogen-bond acceptors (Lipinski definition) is 6. The minimum Gasteiger partial charge on any atom is -0.378 e. The molecule has 0 unspecified atom stereocenters. The molecular formula is C16H18N6O. The Bertz CT molecular complexity index is 824. The van der Waals surface area contributed by atoms with Gasteiger partial charge in [0.15, 0.2) is 0 Å². The van der Waals surface area contributed by atoms with Crippen LogP contribution < -0.4 is 10.2 Å². The number of ether oxygens (including phenoxy) is 1. The van der Waals surface area contributed by atoms with E-state index in [-0.39, 0.29) is 0 Å². The van der Waals surface area contributed by atoms with Gasteiger partial charge in [-0.15, -0.1) is 0 Å². The molecule has 4 rings (SSSR count). The summed E-state index contributed by atoms with van der Waals surface area (Å²) in [5.74, 6) is 2.47. The van der Waals surface area contributed by atoms with E-state index >= 15 is 0 Å². The Morgan fingerprint density at radius 3 is 2.87 bits per heavy atom. The second kappa shape index (κ2) is 5.85. The molecule has 0 amide bonds. The highest BCUT2D eigenvalue weighted by Gasteiger charge is 2.14. The first-order chi connectivity index (χ1) is 11.3. The summed E-state index contributed by atoms with van der Waals surface area (Å²) in [5.41, 5.74) is 1.85. The van der Waals surface area contributed by atoms with Crippen LogP contribution in [0.3, 0.4) is 0 Å².